The van der Waals surface area contributed by atoms with Crippen molar-refractivity contribution >= 4 is 5.78 Å². The molecule has 0 N–H and O–H groups in total. The average molecular weight is 177 g/mol. The molecule has 0 saturated heterocycles. The minimum Gasteiger partial charge on any atom is -0.300 e. The molecule has 1 unspecified atom stereocenters. The van der Waals surface area contributed by atoms with Crippen LogP contribution in [-0.4, -0.2) is 5.78 Å². The van der Waals surface area contributed by atoms with Crippen LogP contribution in [0, 0.1) is 17.2 Å². The Morgan fingerprint density at radius 1 is 1.54 bits per heavy atom. The van der Waals surface area contributed by atoms with Crippen molar-refractivity contribution in [1.29, 1.82) is 5.26 Å². The Morgan fingerprint density at radius 2 is 2.31 bits per heavy atom. The highest BCUT2D eigenvalue weighted by Gasteiger charge is 2.16. The minimum atomic E-state index is 0.368. The van der Waals surface area contributed by atoms with Crippen molar-refractivity contribution in [2.75, 3.05) is 0 Å². The highest BCUT2D eigenvalue weighted by atomic mass is 16.1. The Bertz CT molecular complexity index is 260. The van der Waals surface area contributed by atoms with Crippen LogP contribution in [-0.2, 0) is 4.79 Å². The Kier molecular flexibility index (Phi) is 3.70. The Morgan fingerprint density at radius 3 is 3.00 bits per heavy atom. The summed E-state index contributed by atoms with van der Waals surface area (Å²) in [6.07, 6.45) is 5.67. The third-order valence-corrected chi connectivity index (χ3v) is 2.64. The monoisotopic (exact) mass is 177 g/mol. The lowest BCUT2D eigenvalue weighted by atomic mass is 9.95. The van der Waals surface area contributed by atoms with Gasteiger partial charge in [-0.05, 0) is 18.8 Å². The summed E-state index contributed by atoms with van der Waals surface area (Å²) in [5, 5.41) is 8.44. The molecular weight excluding hydrogens is 162 g/mol. The first-order valence-electron chi connectivity index (χ1n) is 4.81. The zero-order valence-corrected chi connectivity index (χ0v) is 8.05. The third-order valence-electron chi connectivity index (χ3n) is 2.64. The second kappa shape index (κ2) is 4.81. The molecule has 2 nitrogen and oxygen atoms in total. The summed E-state index contributed by atoms with van der Waals surface area (Å²) in [6.45, 7) is 2.14. The molecule has 1 fully saturated rings. The number of hydrogen-bond acceptors (Lipinski definition) is 2. The predicted octanol–water partition coefficient (Wildman–Crippen LogP) is 2.61. The van der Waals surface area contributed by atoms with Gasteiger partial charge < -0.3 is 0 Å². The van der Waals surface area contributed by atoms with Crippen LogP contribution < -0.4 is 0 Å². The van der Waals surface area contributed by atoms with Crippen molar-refractivity contribution in [2.24, 2.45) is 5.92 Å². The topological polar surface area (TPSA) is 40.9 Å². The number of hydrogen-bond donors (Lipinski definition) is 0. The SMILES string of the molecule is CC1CCC(=O)CC/C1=C/CC#N. The quantitative estimate of drug-likeness (QED) is 0.456. The van der Waals surface area contributed by atoms with Crippen LogP contribution >= 0.6 is 0 Å². The fourth-order valence-corrected chi connectivity index (χ4v) is 1.70. The molecule has 0 aromatic rings. The van der Waals surface area contributed by atoms with Crippen molar-refractivity contribution in [3.05, 3.63) is 11.6 Å². The molecular formula is C11H15NO. The molecule has 0 amide bonds. The summed E-state index contributed by atoms with van der Waals surface area (Å²) in [5.74, 6) is 0.854. The number of rotatable bonds is 1. The lowest BCUT2D eigenvalue weighted by molar-refractivity contribution is -0.118. The van der Waals surface area contributed by atoms with Crippen molar-refractivity contribution < 1.29 is 4.79 Å². The zero-order valence-electron chi connectivity index (χ0n) is 8.05. The molecule has 1 aliphatic rings. The standard InChI is InChI=1S/C11H15NO/c1-9-4-6-11(13)7-5-10(9)3-2-8-12/h3,9H,2,4-7H2,1H3/b10-3-. The summed E-state index contributed by atoms with van der Waals surface area (Å²) in [6, 6.07) is 2.11. The van der Waals surface area contributed by atoms with E-state index in [1.165, 1.54) is 5.57 Å². The van der Waals surface area contributed by atoms with Gasteiger partial charge in [-0.3, -0.25) is 4.79 Å². The highest BCUT2D eigenvalue weighted by molar-refractivity contribution is 5.79. The maximum Gasteiger partial charge on any atom is 0.133 e. The predicted molar refractivity (Wildman–Crippen MR) is 51.0 cm³/mol. The molecule has 2 heteroatoms. The van der Waals surface area contributed by atoms with Gasteiger partial charge in [0, 0.05) is 12.8 Å². The van der Waals surface area contributed by atoms with Crippen LogP contribution in [0.3, 0.4) is 0 Å². The van der Waals surface area contributed by atoms with Gasteiger partial charge in [0.2, 0.25) is 0 Å². The molecule has 0 bridgehead atoms. The number of Topliss-reactive ketones (excluding diaryl/α,β-unsaturated/α-hetero) is 1. The minimum absolute atomic E-state index is 0.368. The van der Waals surface area contributed by atoms with Gasteiger partial charge in [-0.25, -0.2) is 0 Å². The van der Waals surface area contributed by atoms with Gasteiger partial charge in [-0.15, -0.1) is 0 Å². The third kappa shape index (κ3) is 3.02. The van der Waals surface area contributed by atoms with Gasteiger partial charge in [0.05, 0.1) is 12.5 Å². The van der Waals surface area contributed by atoms with E-state index in [1.807, 2.05) is 6.08 Å². The molecule has 70 valence electrons. The van der Waals surface area contributed by atoms with Crippen LogP contribution in [0.15, 0.2) is 11.6 Å². The van der Waals surface area contributed by atoms with E-state index in [0.717, 1.165) is 12.8 Å². The lowest BCUT2D eigenvalue weighted by Gasteiger charge is -2.10. The van der Waals surface area contributed by atoms with Crippen molar-refractivity contribution in [3.63, 3.8) is 0 Å². The smallest absolute Gasteiger partial charge is 0.133 e. The maximum absolute atomic E-state index is 11.2. The molecule has 13 heavy (non-hydrogen) atoms. The molecule has 1 saturated carbocycles. The average Bonchev–Trinajstić information content (AvgIpc) is 2.28. The second-order valence-electron chi connectivity index (χ2n) is 3.62. The van der Waals surface area contributed by atoms with Crippen LogP contribution in [0.2, 0.25) is 0 Å². The molecule has 0 spiro atoms. The van der Waals surface area contributed by atoms with E-state index in [2.05, 4.69) is 13.0 Å². The van der Waals surface area contributed by atoms with Gasteiger partial charge >= 0.3 is 0 Å². The first-order chi connectivity index (χ1) is 6.24. The summed E-state index contributed by atoms with van der Waals surface area (Å²) in [5.41, 5.74) is 1.30. The Balaban J connectivity index is 2.62. The molecule has 0 aromatic carbocycles. The van der Waals surface area contributed by atoms with E-state index in [1.54, 1.807) is 0 Å². The largest absolute Gasteiger partial charge is 0.300 e. The van der Waals surface area contributed by atoms with Crippen LogP contribution in [0.5, 0.6) is 0 Å². The normalized spacial score (nSPS) is 26.9. The first kappa shape index (κ1) is 9.98. The van der Waals surface area contributed by atoms with Crippen LogP contribution in [0.25, 0.3) is 0 Å². The van der Waals surface area contributed by atoms with Gasteiger partial charge in [0.25, 0.3) is 0 Å². The van der Waals surface area contributed by atoms with Crippen molar-refractivity contribution in [3.8, 4) is 6.07 Å². The number of carbonyl (C=O) groups excluding carboxylic acids is 1. The van der Waals surface area contributed by atoms with E-state index in [0.29, 0.717) is 31.0 Å². The number of nitrogens with zero attached hydrogens (tertiary/aromatic N) is 1. The number of nitriles is 1. The molecule has 1 aliphatic carbocycles. The Hall–Kier alpha value is -1.10. The summed E-state index contributed by atoms with van der Waals surface area (Å²) < 4.78 is 0. The molecule has 1 atom stereocenters. The fraction of sp³-hybridized carbons (Fsp3) is 0.636. The van der Waals surface area contributed by atoms with Gasteiger partial charge in [-0.1, -0.05) is 18.6 Å². The van der Waals surface area contributed by atoms with Crippen molar-refractivity contribution in [1.82, 2.24) is 0 Å². The molecule has 0 aliphatic heterocycles. The van der Waals surface area contributed by atoms with E-state index >= 15 is 0 Å². The molecule has 0 heterocycles. The molecule has 1 rings (SSSR count). The van der Waals surface area contributed by atoms with Crippen molar-refractivity contribution in [2.45, 2.75) is 39.0 Å². The Labute approximate surface area is 79.2 Å². The summed E-state index contributed by atoms with van der Waals surface area (Å²) in [4.78, 5) is 11.2. The van der Waals surface area contributed by atoms with Gasteiger partial charge in [-0.2, -0.15) is 5.26 Å². The maximum atomic E-state index is 11.2. The second-order valence-corrected chi connectivity index (χ2v) is 3.62. The van der Waals surface area contributed by atoms with Gasteiger partial charge in [0.1, 0.15) is 5.78 Å². The number of carbonyl (C=O) groups is 1. The van der Waals surface area contributed by atoms with E-state index in [9.17, 15) is 4.79 Å². The van der Waals surface area contributed by atoms with E-state index in [-0.39, 0.29) is 0 Å². The summed E-state index contributed by atoms with van der Waals surface area (Å²) >= 11 is 0. The number of ketones is 1. The number of allylic oxidation sites excluding steroid dienone is 2. The fourth-order valence-electron chi connectivity index (χ4n) is 1.70. The van der Waals surface area contributed by atoms with Crippen LogP contribution in [0.4, 0.5) is 0 Å². The first-order valence-corrected chi connectivity index (χ1v) is 4.81. The van der Waals surface area contributed by atoms with E-state index in [4.69, 9.17) is 5.26 Å². The lowest BCUT2D eigenvalue weighted by Crippen LogP contribution is -1.96. The summed E-state index contributed by atoms with van der Waals surface area (Å²) in [7, 11) is 0. The van der Waals surface area contributed by atoms with Gasteiger partial charge in [0.15, 0.2) is 0 Å². The van der Waals surface area contributed by atoms with Crippen LogP contribution in [0.1, 0.15) is 39.0 Å². The molecule has 0 radical (unpaired) electrons. The molecule has 0 aromatic heterocycles. The van der Waals surface area contributed by atoms with E-state index < -0.39 is 0 Å². The zero-order chi connectivity index (χ0) is 9.68. The highest BCUT2D eigenvalue weighted by Crippen LogP contribution is 2.26.